The summed E-state index contributed by atoms with van der Waals surface area (Å²) in [5.74, 6) is 0. The second-order valence-corrected chi connectivity index (χ2v) is 4.79. The van der Waals surface area contributed by atoms with Crippen molar-refractivity contribution in [1.82, 2.24) is 4.98 Å². The number of hydrogen-bond donors (Lipinski definition) is 1. The van der Waals surface area contributed by atoms with Gasteiger partial charge in [0.1, 0.15) is 0 Å². The van der Waals surface area contributed by atoms with Crippen LogP contribution in [0.3, 0.4) is 0 Å². The summed E-state index contributed by atoms with van der Waals surface area (Å²) in [5.41, 5.74) is 1.87. The van der Waals surface area contributed by atoms with Gasteiger partial charge < -0.3 is 4.98 Å². The second kappa shape index (κ2) is 4.73. The van der Waals surface area contributed by atoms with Gasteiger partial charge in [0, 0.05) is 23.5 Å². The van der Waals surface area contributed by atoms with E-state index < -0.39 is 0 Å². The van der Waals surface area contributed by atoms with Crippen LogP contribution in [-0.4, -0.2) is 4.98 Å². The lowest BCUT2D eigenvalue weighted by Crippen LogP contribution is -2.06. The van der Waals surface area contributed by atoms with E-state index in [1.54, 1.807) is 18.3 Å². The fourth-order valence-corrected chi connectivity index (χ4v) is 2.24. The fraction of sp³-hybridized carbons (Fsp3) is 0.0833. The van der Waals surface area contributed by atoms with Gasteiger partial charge in [0.15, 0.2) is 5.43 Å². The zero-order valence-corrected chi connectivity index (χ0v) is 11.1. The Hall–Kier alpha value is -0.960. The molecule has 2 aromatic rings. The summed E-state index contributed by atoms with van der Waals surface area (Å²) >= 11 is 17.8. The number of rotatable bonds is 1. The van der Waals surface area contributed by atoms with Crippen LogP contribution < -0.4 is 5.43 Å². The van der Waals surface area contributed by atoms with E-state index >= 15 is 0 Å². The lowest BCUT2D eigenvalue weighted by atomic mass is 10.0. The second-order valence-electron chi connectivity index (χ2n) is 3.60. The van der Waals surface area contributed by atoms with Gasteiger partial charge in [-0.25, -0.2) is 0 Å². The monoisotopic (exact) mass is 287 g/mol. The maximum Gasteiger partial charge on any atom is 0.189 e. The number of H-pyrrole nitrogens is 1. The smallest absolute Gasteiger partial charge is 0.189 e. The quantitative estimate of drug-likeness (QED) is 0.779. The first-order chi connectivity index (χ1) is 8.00. The molecule has 5 heteroatoms. The molecule has 0 aliphatic rings. The molecule has 0 saturated heterocycles. The molecule has 0 spiro atoms. The predicted octanol–water partition coefficient (Wildman–Crippen LogP) is 4.31. The number of halogens is 3. The summed E-state index contributed by atoms with van der Waals surface area (Å²) in [6.07, 6.45) is 1.60. The largest absolute Gasteiger partial charge is 0.364 e. The van der Waals surface area contributed by atoms with E-state index in [2.05, 4.69) is 4.98 Å². The van der Waals surface area contributed by atoms with Gasteiger partial charge in [-0.1, -0.05) is 34.8 Å². The van der Waals surface area contributed by atoms with Crippen molar-refractivity contribution in [1.29, 1.82) is 0 Å². The van der Waals surface area contributed by atoms with Gasteiger partial charge >= 0.3 is 0 Å². The average Bonchev–Trinajstić information content (AvgIpc) is 2.25. The van der Waals surface area contributed by atoms with E-state index in [0.717, 1.165) is 5.69 Å². The highest BCUT2D eigenvalue weighted by Gasteiger charge is 2.11. The first kappa shape index (κ1) is 12.5. The molecule has 1 N–H and O–H groups in total. The molecule has 1 heterocycles. The molecular weight excluding hydrogens is 280 g/mol. The third-order valence-corrected chi connectivity index (χ3v) is 3.63. The van der Waals surface area contributed by atoms with Gasteiger partial charge in [0.2, 0.25) is 0 Å². The maximum atomic E-state index is 11.8. The Balaban J connectivity index is 2.74. The highest BCUT2D eigenvalue weighted by molar-refractivity contribution is 6.48. The van der Waals surface area contributed by atoms with E-state index in [4.69, 9.17) is 34.8 Å². The van der Waals surface area contributed by atoms with Crippen LogP contribution in [-0.2, 0) is 0 Å². The Labute approximate surface area is 113 Å². The topological polar surface area (TPSA) is 32.9 Å². The lowest BCUT2D eigenvalue weighted by molar-refractivity contribution is 1.19. The van der Waals surface area contributed by atoms with Gasteiger partial charge in [0.05, 0.1) is 15.1 Å². The Bertz CT molecular complexity index is 611. The van der Waals surface area contributed by atoms with Crippen LogP contribution in [0.1, 0.15) is 5.69 Å². The summed E-state index contributed by atoms with van der Waals surface area (Å²) in [4.78, 5) is 14.8. The lowest BCUT2D eigenvalue weighted by Gasteiger charge is -2.07. The van der Waals surface area contributed by atoms with Gasteiger partial charge in [-0.3, -0.25) is 4.79 Å². The van der Waals surface area contributed by atoms with E-state index in [0.29, 0.717) is 26.2 Å². The van der Waals surface area contributed by atoms with Crippen LogP contribution in [0.4, 0.5) is 0 Å². The molecule has 1 aromatic carbocycles. The Kier molecular flexibility index (Phi) is 3.48. The minimum Gasteiger partial charge on any atom is -0.364 e. The minimum absolute atomic E-state index is 0.0873. The summed E-state index contributed by atoms with van der Waals surface area (Å²) < 4.78 is 0. The number of aromatic nitrogens is 1. The molecule has 0 unspecified atom stereocenters. The summed E-state index contributed by atoms with van der Waals surface area (Å²) in [7, 11) is 0. The fourth-order valence-electron chi connectivity index (χ4n) is 1.64. The molecule has 0 aliphatic carbocycles. The molecule has 0 saturated carbocycles. The van der Waals surface area contributed by atoms with Crippen molar-refractivity contribution in [2.75, 3.05) is 0 Å². The van der Waals surface area contributed by atoms with E-state index in [-0.39, 0.29) is 5.43 Å². The van der Waals surface area contributed by atoms with Gasteiger partial charge in [-0.05, 0) is 24.6 Å². The number of pyridine rings is 1. The molecule has 1 aromatic heterocycles. The first-order valence-electron chi connectivity index (χ1n) is 4.84. The van der Waals surface area contributed by atoms with E-state index in [9.17, 15) is 4.79 Å². The van der Waals surface area contributed by atoms with Gasteiger partial charge in [0.25, 0.3) is 0 Å². The van der Waals surface area contributed by atoms with Crippen molar-refractivity contribution in [2.45, 2.75) is 6.92 Å². The molecule has 0 bridgehead atoms. The highest BCUT2D eigenvalue weighted by atomic mass is 35.5. The van der Waals surface area contributed by atoms with Crippen LogP contribution in [0.15, 0.2) is 29.2 Å². The molecule has 0 atom stereocenters. The molecule has 0 aliphatic heterocycles. The first-order valence-corrected chi connectivity index (χ1v) is 5.97. The molecule has 0 amide bonds. The Morgan fingerprint density at radius 3 is 2.24 bits per heavy atom. The van der Waals surface area contributed by atoms with Crippen molar-refractivity contribution >= 4 is 34.8 Å². The highest BCUT2D eigenvalue weighted by Crippen LogP contribution is 2.34. The van der Waals surface area contributed by atoms with Crippen molar-refractivity contribution in [3.05, 3.63) is 55.4 Å². The minimum atomic E-state index is -0.0873. The van der Waals surface area contributed by atoms with Crippen molar-refractivity contribution < 1.29 is 0 Å². The van der Waals surface area contributed by atoms with Crippen molar-refractivity contribution in [2.24, 2.45) is 0 Å². The predicted molar refractivity (Wildman–Crippen MR) is 72.3 cm³/mol. The number of nitrogens with one attached hydrogen (secondary N) is 1. The third-order valence-electron chi connectivity index (χ3n) is 2.43. The Morgan fingerprint density at radius 1 is 1.12 bits per heavy atom. The normalized spacial score (nSPS) is 10.6. The van der Waals surface area contributed by atoms with Crippen molar-refractivity contribution in [3.8, 4) is 11.1 Å². The van der Waals surface area contributed by atoms with Crippen LogP contribution in [0.2, 0.25) is 15.1 Å². The van der Waals surface area contributed by atoms with Gasteiger partial charge in [-0.2, -0.15) is 0 Å². The van der Waals surface area contributed by atoms with E-state index in [1.807, 2.05) is 6.92 Å². The van der Waals surface area contributed by atoms with Crippen LogP contribution in [0.25, 0.3) is 11.1 Å². The average molecular weight is 289 g/mol. The molecular formula is C12H8Cl3NO. The van der Waals surface area contributed by atoms with Gasteiger partial charge in [-0.15, -0.1) is 0 Å². The molecule has 0 fully saturated rings. The van der Waals surface area contributed by atoms with E-state index in [1.165, 1.54) is 6.07 Å². The molecule has 88 valence electrons. The number of hydrogen-bond acceptors (Lipinski definition) is 1. The summed E-state index contributed by atoms with van der Waals surface area (Å²) in [6, 6.07) is 4.72. The summed E-state index contributed by atoms with van der Waals surface area (Å²) in [6.45, 7) is 1.81. The summed E-state index contributed by atoms with van der Waals surface area (Å²) in [5, 5.41) is 0.954. The van der Waals surface area contributed by atoms with Crippen LogP contribution in [0, 0.1) is 6.92 Å². The maximum absolute atomic E-state index is 11.8. The molecule has 0 radical (unpaired) electrons. The standard InChI is InChI=1S/C12H8Cl3NO/c1-6-11(10(17)2-3-16-6)7-4-8(13)12(15)9(14)5-7/h2-5H,1H3,(H,16,17). The van der Waals surface area contributed by atoms with Crippen LogP contribution >= 0.6 is 34.8 Å². The Morgan fingerprint density at radius 2 is 1.71 bits per heavy atom. The number of aryl methyl sites for hydroxylation is 1. The van der Waals surface area contributed by atoms with Crippen molar-refractivity contribution in [3.63, 3.8) is 0 Å². The third kappa shape index (κ3) is 2.34. The van der Waals surface area contributed by atoms with Crippen LogP contribution in [0.5, 0.6) is 0 Å². The molecule has 2 nitrogen and oxygen atoms in total. The number of aromatic amines is 1. The molecule has 2 rings (SSSR count). The SMILES string of the molecule is Cc1[nH]ccc(=O)c1-c1cc(Cl)c(Cl)c(Cl)c1. The number of benzene rings is 1. The zero-order valence-electron chi connectivity index (χ0n) is 8.85. The zero-order chi connectivity index (χ0) is 12.6. The molecule has 17 heavy (non-hydrogen) atoms.